The summed E-state index contributed by atoms with van der Waals surface area (Å²) in [7, 11) is 0. The zero-order valence-electron chi connectivity index (χ0n) is 19.4. The number of rotatable bonds is 6. The zero-order valence-corrected chi connectivity index (χ0v) is 19.4. The van der Waals surface area contributed by atoms with Crippen LogP contribution < -0.4 is 5.32 Å². The smallest absolute Gasteiger partial charge is 0.246 e. The summed E-state index contributed by atoms with van der Waals surface area (Å²) in [4.78, 5) is 30.9. The maximum Gasteiger partial charge on any atom is 0.246 e. The third-order valence-electron chi connectivity index (χ3n) is 7.34. The maximum absolute atomic E-state index is 13.3. The lowest BCUT2D eigenvalue weighted by Crippen LogP contribution is -2.70. The minimum absolute atomic E-state index is 0.00738. The molecule has 2 aliphatic rings. The number of piperazine rings is 1. The van der Waals surface area contributed by atoms with Crippen molar-refractivity contribution in [2.24, 2.45) is 0 Å². The Bertz CT molecular complexity index is 1070. The molecular formula is C29H31N3O2. The van der Waals surface area contributed by atoms with Crippen molar-refractivity contribution in [3.05, 3.63) is 108 Å². The first-order valence-corrected chi connectivity index (χ1v) is 12.1. The van der Waals surface area contributed by atoms with Crippen LogP contribution in [-0.2, 0) is 16.1 Å². The first-order chi connectivity index (χ1) is 16.7. The predicted octanol–water partition coefficient (Wildman–Crippen LogP) is 3.81. The largest absolute Gasteiger partial charge is 0.345 e. The van der Waals surface area contributed by atoms with Gasteiger partial charge in [0.05, 0.1) is 6.54 Å². The second-order valence-corrected chi connectivity index (χ2v) is 9.35. The van der Waals surface area contributed by atoms with Crippen LogP contribution in [-0.4, -0.2) is 53.3 Å². The van der Waals surface area contributed by atoms with E-state index in [-0.39, 0.29) is 24.3 Å². The molecular weight excluding hydrogens is 422 g/mol. The monoisotopic (exact) mass is 453 g/mol. The Morgan fingerprint density at radius 1 is 0.765 bits per heavy atom. The van der Waals surface area contributed by atoms with Crippen LogP contribution in [0.3, 0.4) is 0 Å². The van der Waals surface area contributed by atoms with Gasteiger partial charge in [0.25, 0.3) is 0 Å². The van der Waals surface area contributed by atoms with Gasteiger partial charge in [-0.25, -0.2) is 0 Å². The van der Waals surface area contributed by atoms with E-state index in [4.69, 9.17) is 0 Å². The molecule has 5 heteroatoms. The minimum Gasteiger partial charge on any atom is -0.345 e. The molecule has 0 aromatic heterocycles. The lowest BCUT2D eigenvalue weighted by molar-refractivity contribution is -0.157. The molecule has 2 amide bonds. The third-order valence-corrected chi connectivity index (χ3v) is 7.34. The van der Waals surface area contributed by atoms with Gasteiger partial charge in [0, 0.05) is 32.1 Å². The van der Waals surface area contributed by atoms with Crippen molar-refractivity contribution in [2.75, 3.05) is 26.2 Å². The average Bonchev–Trinajstić information content (AvgIpc) is 2.89. The molecule has 2 heterocycles. The van der Waals surface area contributed by atoms with E-state index in [1.54, 1.807) is 0 Å². The summed E-state index contributed by atoms with van der Waals surface area (Å²) in [5.41, 5.74) is 2.80. The molecule has 2 fully saturated rings. The lowest BCUT2D eigenvalue weighted by atomic mass is 9.81. The number of benzene rings is 3. The van der Waals surface area contributed by atoms with Crippen molar-refractivity contribution in [1.82, 2.24) is 15.1 Å². The molecule has 3 aromatic carbocycles. The highest BCUT2D eigenvalue weighted by atomic mass is 16.2. The van der Waals surface area contributed by atoms with Crippen molar-refractivity contribution >= 4 is 11.8 Å². The molecule has 1 spiro atoms. The molecule has 0 aliphatic carbocycles. The Kier molecular flexibility index (Phi) is 6.45. The molecule has 2 aliphatic heterocycles. The van der Waals surface area contributed by atoms with E-state index < -0.39 is 5.54 Å². The predicted molar refractivity (Wildman–Crippen MR) is 133 cm³/mol. The van der Waals surface area contributed by atoms with Gasteiger partial charge in [0.1, 0.15) is 5.54 Å². The molecule has 0 radical (unpaired) electrons. The van der Waals surface area contributed by atoms with Gasteiger partial charge in [-0.05, 0) is 29.5 Å². The van der Waals surface area contributed by atoms with Crippen LogP contribution in [0.4, 0.5) is 0 Å². The van der Waals surface area contributed by atoms with Gasteiger partial charge < -0.3 is 10.2 Å². The summed E-state index contributed by atoms with van der Waals surface area (Å²) in [5.74, 6) is 0.00998. The van der Waals surface area contributed by atoms with Crippen LogP contribution in [0.25, 0.3) is 0 Å². The van der Waals surface area contributed by atoms with E-state index in [0.717, 1.165) is 30.8 Å². The summed E-state index contributed by atoms with van der Waals surface area (Å²) >= 11 is 0. The van der Waals surface area contributed by atoms with Gasteiger partial charge in [-0.1, -0.05) is 91.0 Å². The van der Waals surface area contributed by atoms with Gasteiger partial charge in [0.2, 0.25) is 11.8 Å². The lowest BCUT2D eigenvalue weighted by Gasteiger charge is -2.50. The van der Waals surface area contributed by atoms with Crippen LogP contribution in [0, 0.1) is 0 Å². The van der Waals surface area contributed by atoms with Gasteiger partial charge in [-0.2, -0.15) is 0 Å². The Morgan fingerprint density at radius 3 is 1.85 bits per heavy atom. The number of nitrogens with one attached hydrogen (secondary N) is 1. The van der Waals surface area contributed by atoms with Gasteiger partial charge in [0.15, 0.2) is 0 Å². The summed E-state index contributed by atoms with van der Waals surface area (Å²) < 4.78 is 0. The van der Waals surface area contributed by atoms with Crippen molar-refractivity contribution in [2.45, 2.75) is 30.8 Å². The van der Waals surface area contributed by atoms with Gasteiger partial charge in [-0.15, -0.1) is 0 Å². The second kappa shape index (κ2) is 9.82. The molecule has 5 nitrogen and oxygen atoms in total. The molecule has 2 saturated heterocycles. The molecule has 0 unspecified atom stereocenters. The molecule has 0 atom stereocenters. The summed E-state index contributed by atoms with van der Waals surface area (Å²) in [6.45, 7) is 3.01. The first-order valence-electron chi connectivity index (χ1n) is 12.1. The molecule has 0 bridgehead atoms. The van der Waals surface area contributed by atoms with Crippen molar-refractivity contribution < 1.29 is 9.59 Å². The summed E-state index contributed by atoms with van der Waals surface area (Å²) in [6.07, 6.45) is 1.29. The molecule has 34 heavy (non-hydrogen) atoms. The highest BCUT2D eigenvalue weighted by Crippen LogP contribution is 2.36. The Balaban J connectivity index is 1.41. The van der Waals surface area contributed by atoms with Crippen LogP contribution in [0.1, 0.15) is 35.4 Å². The molecule has 5 rings (SSSR count). The van der Waals surface area contributed by atoms with E-state index in [0.29, 0.717) is 19.4 Å². The third kappa shape index (κ3) is 4.48. The van der Waals surface area contributed by atoms with E-state index in [1.807, 2.05) is 47.4 Å². The van der Waals surface area contributed by atoms with E-state index >= 15 is 0 Å². The van der Waals surface area contributed by atoms with Gasteiger partial charge in [-0.3, -0.25) is 14.5 Å². The van der Waals surface area contributed by atoms with Crippen molar-refractivity contribution in [1.29, 1.82) is 0 Å². The van der Waals surface area contributed by atoms with Crippen molar-refractivity contribution in [3.8, 4) is 0 Å². The fourth-order valence-corrected chi connectivity index (χ4v) is 5.43. The SMILES string of the molecule is O=C1CNC(=O)C2(CCN(Cc3ccccc3)CC2)N1CC(c1ccccc1)c1ccccc1. The summed E-state index contributed by atoms with van der Waals surface area (Å²) in [5, 5.41) is 2.89. The standard InChI is InChI=1S/C29H31N3O2/c33-27-20-30-28(34)29(16-18-31(19-17-29)21-23-10-4-1-5-11-23)32(27)22-26(24-12-6-2-7-13-24)25-14-8-3-9-15-25/h1-15,26H,16-22H2,(H,30,34). The first kappa shape index (κ1) is 22.4. The Labute approximate surface area is 201 Å². The normalized spacial score (nSPS) is 18.3. The molecule has 0 saturated carbocycles. The van der Waals surface area contributed by atoms with E-state index in [9.17, 15) is 9.59 Å². The number of amides is 2. The zero-order chi connectivity index (χ0) is 23.4. The Hall–Kier alpha value is -3.44. The molecule has 174 valence electrons. The van der Waals surface area contributed by atoms with Crippen LogP contribution >= 0.6 is 0 Å². The number of likely N-dealkylation sites (tertiary alicyclic amines) is 1. The number of hydrogen-bond donors (Lipinski definition) is 1. The highest BCUT2D eigenvalue weighted by Gasteiger charge is 2.51. The highest BCUT2D eigenvalue weighted by molar-refractivity contribution is 5.98. The maximum atomic E-state index is 13.3. The minimum atomic E-state index is -0.787. The Morgan fingerprint density at radius 2 is 1.29 bits per heavy atom. The number of piperidine rings is 1. The van der Waals surface area contributed by atoms with Crippen LogP contribution in [0.5, 0.6) is 0 Å². The molecule has 1 N–H and O–H groups in total. The van der Waals surface area contributed by atoms with Crippen molar-refractivity contribution in [3.63, 3.8) is 0 Å². The second-order valence-electron chi connectivity index (χ2n) is 9.35. The van der Waals surface area contributed by atoms with Gasteiger partial charge >= 0.3 is 0 Å². The topological polar surface area (TPSA) is 52.7 Å². The average molecular weight is 454 g/mol. The van der Waals surface area contributed by atoms with E-state index in [1.165, 1.54) is 5.56 Å². The number of carbonyl (C=O) groups is 2. The fraction of sp³-hybridized carbons (Fsp3) is 0.310. The van der Waals surface area contributed by atoms with Crippen LogP contribution in [0.2, 0.25) is 0 Å². The number of nitrogens with zero attached hydrogens (tertiary/aromatic N) is 2. The van der Waals surface area contributed by atoms with E-state index in [2.05, 4.69) is 58.7 Å². The number of carbonyl (C=O) groups excluding carboxylic acids is 2. The quantitative estimate of drug-likeness (QED) is 0.618. The summed E-state index contributed by atoms with van der Waals surface area (Å²) in [6, 6.07) is 31.0. The number of hydrogen-bond acceptors (Lipinski definition) is 3. The fourth-order valence-electron chi connectivity index (χ4n) is 5.43. The van der Waals surface area contributed by atoms with Crippen LogP contribution in [0.15, 0.2) is 91.0 Å². The molecule has 3 aromatic rings.